The first-order valence-corrected chi connectivity index (χ1v) is 7.26. The smallest absolute Gasteiger partial charge is 0.0707 e. The van der Waals surface area contributed by atoms with E-state index in [0.29, 0.717) is 6.10 Å². The second-order valence-corrected chi connectivity index (χ2v) is 6.54. The third-order valence-electron chi connectivity index (χ3n) is 2.75. The molecule has 1 aliphatic rings. The highest BCUT2D eigenvalue weighted by Crippen LogP contribution is 2.28. The van der Waals surface area contributed by atoms with E-state index in [9.17, 15) is 4.21 Å². The Hall–Kier alpha value is 0.0700. The second-order valence-electron chi connectivity index (χ2n) is 4.67. The minimum Gasteiger partial charge on any atom is -0.371 e. The van der Waals surface area contributed by atoms with Crippen LogP contribution in [0.15, 0.2) is 0 Å². The van der Waals surface area contributed by atoms with Gasteiger partial charge in [-0.3, -0.25) is 4.21 Å². The average Bonchev–Trinajstić information content (AvgIpc) is 2.52. The van der Waals surface area contributed by atoms with Crippen LogP contribution >= 0.6 is 0 Å². The SMILES string of the molecule is CCS(=O)CCNCC1CCC(C)(C)O1. The molecule has 1 rings (SSSR count). The fourth-order valence-electron chi connectivity index (χ4n) is 1.81. The normalized spacial score (nSPS) is 26.7. The molecule has 15 heavy (non-hydrogen) atoms. The van der Waals surface area contributed by atoms with Gasteiger partial charge in [-0.25, -0.2) is 0 Å². The lowest BCUT2D eigenvalue weighted by molar-refractivity contribution is -0.0139. The highest BCUT2D eigenvalue weighted by atomic mass is 32.2. The van der Waals surface area contributed by atoms with E-state index in [1.807, 2.05) is 6.92 Å². The van der Waals surface area contributed by atoms with Crippen molar-refractivity contribution in [2.24, 2.45) is 0 Å². The zero-order valence-corrected chi connectivity index (χ0v) is 10.9. The Morgan fingerprint density at radius 3 is 2.80 bits per heavy atom. The van der Waals surface area contributed by atoms with Crippen LogP contribution in [-0.2, 0) is 15.5 Å². The van der Waals surface area contributed by atoms with Crippen LogP contribution in [0.25, 0.3) is 0 Å². The molecule has 1 N–H and O–H groups in total. The summed E-state index contributed by atoms with van der Waals surface area (Å²) in [5, 5.41) is 3.31. The van der Waals surface area contributed by atoms with Crippen LogP contribution in [0.5, 0.6) is 0 Å². The third-order valence-corrected chi connectivity index (χ3v) is 4.06. The molecule has 0 aromatic carbocycles. The van der Waals surface area contributed by atoms with E-state index in [1.54, 1.807) is 0 Å². The summed E-state index contributed by atoms with van der Waals surface area (Å²) in [4.78, 5) is 0. The van der Waals surface area contributed by atoms with Gasteiger partial charge >= 0.3 is 0 Å². The van der Waals surface area contributed by atoms with Crippen molar-refractivity contribution in [1.29, 1.82) is 0 Å². The summed E-state index contributed by atoms with van der Waals surface area (Å²) in [5.74, 6) is 1.52. The van der Waals surface area contributed by atoms with Crippen LogP contribution in [0.1, 0.15) is 33.6 Å². The van der Waals surface area contributed by atoms with Crippen molar-refractivity contribution in [3.63, 3.8) is 0 Å². The summed E-state index contributed by atoms with van der Waals surface area (Å²) in [7, 11) is -0.649. The molecule has 4 heteroatoms. The van der Waals surface area contributed by atoms with Crippen LogP contribution in [0.4, 0.5) is 0 Å². The monoisotopic (exact) mass is 233 g/mol. The Balaban J connectivity index is 2.04. The van der Waals surface area contributed by atoms with Crippen molar-refractivity contribution in [2.75, 3.05) is 24.6 Å². The zero-order valence-electron chi connectivity index (χ0n) is 10.0. The molecule has 0 aliphatic carbocycles. The standard InChI is InChI=1S/C11H23NO2S/c1-4-15(13)8-7-12-9-10-5-6-11(2,3)14-10/h10,12H,4-9H2,1-3H3. The van der Waals surface area contributed by atoms with E-state index < -0.39 is 10.8 Å². The molecular formula is C11H23NO2S. The van der Waals surface area contributed by atoms with Crippen LogP contribution in [-0.4, -0.2) is 40.5 Å². The van der Waals surface area contributed by atoms with E-state index in [-0.39, 0.29) is 5.60 Å². The lowest BCUT2D eigenvalue weighted by Gasteiger charge is -2.19. The van der Waals surface area contributed by atoms with E-state index in [4.69, 9.17) is 4.74 Å². The molecule has 0 radical (unpaired) electrons. The van der Waals surface area contributed by atoms with Gasteiger partial charge in [-0.05, 0) is 26.7 Å². The highest BCUT2D eigenvalue weighted by Gasteiger charge is 2.30. The molecule has 90 valence electrons. The number of nitrogens with one attached hydrogen (secondary N) is 1. The topological polar surface area (TPSA) is 38.3 Å². The molecule has 1 aliphatic heterocycles. The van der Waals surface area contributed by atoms with Gasteiger partial charge in [0.1, 0.15) is 0 Å². The molecule has 3 nitrogen and oxygen atoms in total. The fraction of sp³-hybridized carbons (Fsp3) is 1.00. The van der Waals surface area contributed by atoms with Gasteiger partial charge in [-0.15, -0.1) is 0 Å². The Bertz CT molecular complexity index is 219. The first-order chi connectivity index (χ1) is 7.03. The lowest BCUT2D eigenvalue weighted by Crippen LogP contribution is -2.31. The molecule has 1 saturated heterocycles. The molecule has 2 atom stereocenters. The molecule has 2 unspecified atom stereocenters. The highest BCUT2D eigenvalue weighted by molar-refractivity contribution is 7.84. The molecule has 0 aromatic heterocycles. The molecule has 0 spiro atoms. The summed E-state index contributed by atoms with van der Waals surface area (Å²) >= 11 is 0. The Labute approximate surface area is 95.4 Å². The van der Waals surface area contributed by atoms with Crippen molar-refractivity contribution < 1.29 is 8.95 Å². The van der Waals surface area contributed by atoms with Gasteiger partial charge in [-0.1, -0.05) is 6.92 Å². The van der Waals surface area contributed by atoms with E-state index in [0.717, 1.165) is 37.4 Å². The van der Waals surface area contributed by atoms with Crippen LogP contribution in [0, 0.1) is 0 Å². The fourth-order valence-corrected chi connectivity index (χ4v) is 2.48. The Morgan fingerprint density at radius 1 is 1.53 bits per heavy atom. The summed E-state index contributed by atoms with van der Waals surface area (Å²) in [5.41, 5.74) is 0.0542. The summed E-state index contributed by atoms with van der Waals surface area (Å²) in [6.45, 7) is 7.96. The number of hydrogen-bond acceptors (Lipinski definition) is 3. The van der Waals surface area contributed by atoms with Gasteiger partial charge in [-0.2, -0.15) is 0 Å². The van der Waals surface area contributed by atoms with E-state index in [2.05, 4.69) is 19.2 Å². The third kappa shape index (κ3) is 5.09. The second kappa shape index (κ2) is 5.97. The Morgan fingerprint density at radius 2 is 2.27 bits per heavy atom. The Kier molecular flexibility index (Phi) is 5.23. The van der Waals surface area contributed by atoms with Gasteiger partial charge in [0.25, 0.3) is 0 Å². The maximum absolute atomic E-state index is 11.2. The molecule has 0 bridgehead atoms. The molecule has 1 fully saturated rings. The molecular weight excluding hydrogens is 210 g/mol. The summed E-state index contributed by atoms with van der Waals surface area (Å²) < 4.78 is 17.0. The minimum absolute atomic E-state index is 0.0542. The first kappa shape index (κ1) is 13.1. The zero-order chi connectivity index (χ0) is 11.3. The summed E-state index contributed by atoms with van der Waals surface area (Å²) in [6.07, 6.45) is 2.62. The number of rotatable bonds is 6. The number of ether oxygens (including phenoxy) is 1. The van der Waals surface area contributed by atoms with E-state index in [1.165, 1.54) is 0 Å². The van der Waals surface area contributed by atoms with Gasteiger partial charge in [0.05, 0.1) is 11.7 Å². The van der Waals surface area contributed by atoms with Crippen LogP contribution in [0.3, 0.4) is 0 Å². The first-order valence-electron chi connectivity index (χ1n) is 5.77. The van der Waals surface area contributed by atoms with Gasteiger partial charge in [0, 0.05) is 35.4 Å². The predicted molar refractivity (Wildman–Crippen MR) is 64.6 cm³/mol. The van der Waals surface area contributed by atoms with Crippen molar-refractivity contribution in [3.8, 4) is 0 Å². The molecule has 0 aromatic rings. The molecule has 0 saturated carbocycles. The number of hydrogen-bond donors (Lipinski definition) is 1. The largest absolute Gasteiger partial charge is 0.371 e. The maximum atomic E-state index is 11.2. The van der Waals surface area contributed by atoms with Crippen LogP contribution < -0.4 is 5.32 Å². The van der Waals surface area contributed by atoms with Gasteiger partial charge < -0.3 is 10.1 Å². The average molecular weight is 233 g/mol. The molecule has 1 heterocycles. The lowest BCUT2D eigenvalue weighted by atomic mass is 10.1. The predicted octanol–water partition coefficient (Wildman–Crippen LogP) is 1.30. The minimum atomic E-state index is -0.649. The van der Waals surface area contributed by atoms with Gasteiger partial charge in [0.15, 0.2) is 0 Å². The van der Waals surface area contributed by atoms with Crippen molar-refractivity contribution in [1.82, 2.24) is 5.32 Å². The van der Waals surface area contributed by atoms with Crippen molar-refractivity contribution in [3.05, 3.63) is 0 Å². The quantitative estimate of drug-likeness (QED) is 0.703. The van der Waals surface area contributed by atoms with Crippen molar-refractivity contribution in [2.45, 2.75) is 45.3 Å². The van der Waals surface area contributed by atoms with Crippen LogP contribution in [0.2, 0.25) is 0 Å². The maximum Gasteiger partial charge on any atom is 0.0707 e. The van der Waals surface area contributed by atoms with Crippen molar-refractivity contribution >= 4 is 10.8 Å². The molecule has 0 amide bonds. The van der Waals surface area contributed by atoms with E-state index >= 15 is 0 Å². The van der Waals surface area contributed by atoms with Gasteiger partial charge in [0.2, 0.25) is 0 Å². The summed E-state index contributed by atoms with van der Waals surface area (Å²) in [6, 6.07) is 0.